The topological polar surface area (TPSA) is 77.3 Å². The van der Waals surface area contributed by atoms with Gasteiger partial charge in [0.05, 0.1) is 10.5 Å². The summed E-state index contributed by atoms with van der Waals surface area (Å²) in [5, 5.41) is 10.7. The third-order valence-electron chi connectivity index (χ3n) is 1.98. The highest BCUT2D eigenvalue weighted by Gasteiger charge is 2.26. The minimum atomic E-state index is -4.01. The lowest BCUT2D eigenvalue weighted by Gasteiger charge is -2.07. The number of nitro groups is 1. The van der Waals surface area contributed by atoms with E-state index in [0.29, 0.717) is 0 Å². The van der Waals surface area contributed by atoms with Crippen LogP contribution in [0, 0.1) is 10.1 Å². The highest BCUT2D eigenvalue weighted by molar-refractivity contribution is 9.10. The lowest BCUT2D eigenvalue weighted by molar-refractivity contribution is -0.385. The molecule has 0 unspecified atom stereocenters. The molecule has 88 valence electrons. The SMILES string of the molecule is CCc1c([N+](=O)[O-])ccc(Br)c1S(=O)(=O)Cl. The van der Waals surface area contributed by atoms with Crippen molar-refractivity contribution in [2.24, 2.45) is 0 Å². The van der Waals surface area contributed by atoms with Gasteiger partial charge < -0.3 is 0 Å². The second kappa shape index (κ2) is 4.68. The molecular weight excluding hydrogens is 322 g/mol. The van der Waals surface area contributed by atoms with Gasteiger partial charge in [0.2, 0.25) is 0 Å². The number of nitrogens with zero attached hydrogens (tertiary/aromatic N) is 1. The normalized spacial score (nSPS) is 11.4. The quantitative estimate of drug-likeness (QED) is 0.485. The van der Waals surface area contributed by atoms with Crippen LogP contribution in [0.25, 0.3) is 0 Å². The van der Waals surface area contributed by atoms with Crippen LogP contribution in [0.1, 0.15) is 12.5 Å². The predicted molar refractivity (Wildman–Crippen MR) is 63.2 cm³/mol. The van der Waals surface area contributed by atoms with Gasteiger partial charge in [-0.3, -0.25) is 10.1 Å². The molecule has 1 aromatic rings. The summed E-state index contributed by atoms with van der Waals surface area (Å²) < 4.78 is 22.9. The molecule has 0 radical (unpaired) electrons. The van der Waals surface area contributed by atoms with Gasteiger partial charge in [0.25, 0.3) is 14.7 Å². The van der Waals surface area contributed by atoms with E-state index in [-0.39, 0.29) is 27.0 Å². The molecule has 5 nitrogen and oxygen atoms in total. The molecule has 0 aromatic heterocycles. The van der Waals surface area contributed by atoms with Crippen LogP contribution in [0.4, 0.5) is 5.69 Å². The van der Waals surface area contributed by atoms with Gasteiger partial charge in [-0.05, 0) is 28.4 Å². The van der Waals surface area contributed by atoms with E-state index >= 15 is 0 Å². The van der Waals surface area contributed by atoms with Crippen molar-refractivity contribution in [3.63, 3.8) is 0 Å². The summed E-state index contributed by atoms with van der Waals surface area (Å²) in [4.78, 5) is 9.86. The van der Waals surface area contributed by atoms with Gasteiger partial charge in [-0.15, -0.1) is 0 Å². The summed E-state index contributed by atoms with van der Waals surface area (Å²) in [7, 11) is 1.23. The van der Waals surface area contributed by atoms with Crippen molar-refractivity contribution in [3.05, 3.63) is 32.3 Å². The molecule has 1 rings (SSSR count). The molecule has 0 aliphatic rings. The zero-order valence-electron chi connectivity index (χ0n) is 8.11. The Hall–Kier alpha value is -0.660. The Morgan fingerprint density at radius 2 is 2.06 bits per heavy atom. The molecule has 8 heteroatoms. The Labute approximate surface area is 105 Å². The zero-order chi connectivity index (χ0) is 12.5. The monoisotopic (exact) mass is 327 g/mol. The summed E-state index contributed by atoms with van der Waals surface area (Å²) in [5.41, 5.74) is -0.140. The number of hydrogen-bond acceptors (Lipinski definition) is 4. The van der Waals surface area contributed by atoms with Gasteiger partial charge in [0.15, 0.2) is 0 Å². The van der Waals surface area contributed by atoms with Crippen LogP contribution in [0.15, 0.2) is 21.5 Å². The molecule has 0 aliphatic heterocycles. The molecule has 0 saturated heterocycles. The van der Waals surface area contributed by atoms with Crippen molar-refractivity contribution >= 4 is 41.4 Å². The maximum Gasteiger partial charge on any atom is 0.274 e. The first-order chi connectivity index (χ1) is 7.29. The maximum absolute atomic E-state index is 11.3. The smallest absolute Gasteiger partial charge is 0.258 e. The third-order valence-corrected chi connectivity index (χ3v) is 4.32. The minimum Gasteiger partial charge on any atom is -0.258 e. The van der Waals surface area contributed by atoms with Crippen molar-refractivity contribution in [1.82, 2.24) is 0 Å². The molecule has 0 N–H and O–H groups in total. The average Bonchev–Trinajstić information content (AvgIpc) is 2.14. The molecule has 0 spiro atoms. The van der Waals surface area contributed by atoms with E-state index in [2.05, 4.69) is 15.9 Å². The third kappa shape index (κ3) is 2.53. The van der Waals surface area contributed by atoms with E-state index in [1.165, 1.54) is 12.1 Å². The van der Waals surface area contributed by atoms with E-state index in [0.717, 1.165) is 0 Å². The van der Waals surface area contributed by atoms with Crippen molar-refractivity contribution in [1.29, 1.82) is 0 Å². The first-order valence-electron chi connectivity index (χ1n) is 4.19. The molecule has 16 heavy (non-hydrogen) atoms. The van der Waals surface area contributed by atoms with Crippen LogP contribution in [-0.4, -0.2) is 13.3 Å². The van der Waals surface area contributed by atoms with E-state index in [1.54, 1.807) is 6.92 Å². The van der Waals surface area contributed by atoms with Gasteiger partial charge in [-0.25, -0.2) is 8.42 Å². The first-order valence-corrected chi connectivity index (χ1v) is 7.29. The van der Waals surface area contributed by atoms with Gasteiger partial charge in [0, 0.05) is 21.2 Å². The molecule has 0 fully saturated rings. The molecule has 0 aliphatic carbocycles. The van der Waals surface area contributed by atoms with E-state index in [1.807, 2.05) is 0 Å². The lowest BCUT2D eigenvalue weighted by Crippen LogP contribution is -2.03. The highest BCUT2D eigenvalue weighted by atomic mass is 79.9. The summed E-state index contributed by atoms with van der Waals surface area (Å²) in [6.07, 6.45) is 0.205. The van der Waals surface area contributed by atoms with Gasteiger partial charge in [-0.1, -0.05) is 6.92 Å². The number of benzene rings is 1. The number of nitro benzene ring substituents is 1. The van der Waals surface area contributed by atoms with Crippen molar-refractivity contribution < 1.29 is 13.3 Å². The van der Waals surface area contributed by atoms with E-state index in [9.17, 15) is 18.5 Å². The Morgan fingerprint density at radius 3 is 2.44 bits per heavy atom. The number of rotatable bonds is 3. The van der Waals surface area contributed by atoms with Gasteiger partial charge >= 0.3 is 0 Å². The lowest BCUT2D eigenvalue weighted by atomic mass is 10.1. The van der Waals surface area contributed by atoms with Gasteiger partial charge in [0.1, 0.15) is 4.90 Å². The summed E-state index contributed by atoms with van der Waals surface area (Å²) in [6, 6.07) is 2.54. The minimum absolute atomic E-state index is 0.106. The fourth-order valence-corrected chi connectivity index (χ4v) is 4.03. The standard InChI is InChI=1S/C8H7BrClNO4S/c1-2-5-7(11(12)13)4-3-6(9)8(5)16(10,14)15/h3-4H,2H2,1H3. The summed E-state index contributed by atoms with van der Waals surface area (Å²) >= 11 is 3.02. The van der Waals surface area contributed by atoms with Crippen LogP contribution in [0.2, 0.25) is 0 Å². The van der Waals surface area contributed by atoms with E-state index in [4.69, 9.17) is 10.7 Å². The van der Waals surface area contributed by atoms with Crippen molar-refractivity contribution in [2.45, 2.75) is 18.2 Å². The highest BCUT2D eigenvalue weighted by Crippen LogP contribution is 2.34. The zero-order valence-corrected chi connectivity index (χ0v) is 11.3. The van der Waals surface area contributed by atoms with Crippen molar-refractivity contribution in [3.8, 4) is 0 Å². The fourth-order valence-electron chi connectivity index (χ4n) is 1.37. The molecule has 0 saturated carbocycles. The predicted octanol–water partition coefficient (Wildman–Crippen LogP) is 2.85. The molecule has 1 aromatic carbocycles. The van der Waals surface area contributed by atoms with E-state index < -0.39 is 14.0 Å². The van der Waals surface area contributed by atoms with Crippen LogP contribution < -0.4 is 0 Å². The summed E-state index contributed by atoms with van der Waals surface area (Å²) in [5.74, 6) is 0. The Bertz CT molecular complexity index is 543. The second-order valence-electron chi connectivity index (χ2n) is 2.92. The largest absolute Gasteiger partial charge is 0.274 e. The van der Waals surface area contributed by atoms with Crippen LogP contribution >= 0.6 is 26.6 Å². The van der Waals surface area contributed by atoms with Crippen LogP contribution in [0.3, 0.4) is 0 Å². The Morgan fingerprint density at radius 1 is 1.50 bits per heavy atom. The second-order valence-corrected chi connectivity index (χ2v) is 6.28. The summed E-state index contributed by atoms with van der Waals surface area (Å²) in [6.45, 7) is 1.63. The molecule has 0 heterocycles. The van der Waals surface area contributed by atoms with Crippen LogP contribution in [-0.2, 0) is 15.5 Å². The molecule has 0 atom stereocenters. The fraction of sp³-hybridized carbons (Fsp3) is 0.250. The van der Waals surface area contributed by atoms with Crippen molar-refractivity contribution in [2.75, 3.05) is 0 Å². The van der Waals surface area contributed by atoms with Crippen LogP contribution in [0.5, 0.6) is 0 Å². The average molecular weight is 329 g/mol. The molecule has 0 amide bonds. The molecule has 0 bridgehead atoms. The maximum atomic E-state index is 11.3. The Balaban J connectivity index is 3.71. The number of hydrogen-bond donors (Lipinski definition) is 0. The first kappa shape index (κ1) is 13.4. The Kier molecular flexibility index (Phi) is 3.92. The van der Waals surface area contributed by atoms with Gasteiger partial charge in [-0.2, -0.15) is 0 Å². The number of halogens is 2. The molecular formula is C8H7BrClNO4S.